The summed E-state index contributed by atoms with van der Waals surface area (Å²) in [4.78, 5) is 29.1. The lowest BCUT2D eigenvalue weighted by molar-refractivity contribution is 0.0527. The molecule has 0 aliphatic rings. The summed E-state index contributed by atoms with van der Waals surface area (Å²) in [5.41, 5.74) is 2.89. The summed E-state index contributed by atoms with van der Waals surface area (Å²) in [7, 11) is 0. The van der Waals surface area contributed by atoms with Gasteiger partial charge in [0.15, 0.2) is 11.6 Å². The Labute approximate surface area is 172 Å². The van der Waals surface area contributed by atoms with Gasteiger partial charge in [0.25, 0.3) is 0 Å². The minimum atomic E-state index is -0.758. The number of fused-ring (bicyclic) bond motifs is 1. The van der Waals surface area contributed by atoms with E-state index in [2.05, 4.69) is 15.4 Å². The number of benzene rings is 1. The van der Waals surface area contributed by atoms with Gasteiger partial charge in [0.2, 0.25) is 0 Å². The number of hydrogen-bond acceptors (Lipinski definition) is 6. The summed E-state index contributed by atoms with van der Waals surface area (Å²) in [6.45, 7) is 5.84. The molecule has 0 aliphatic carbocycles. The van der Waals surface area contributed by atoms with Gasteiger partial charge in [0.05, 0.1) is 24.2 Å². The van der Waals surface area contributed by atoms with E-state index >= 15 is 0 Å². The lowest BCUT2D eigenvalue weighted by Crippen LogP contribution is -2.20. The van der Waals surface area contributed by atoms with Gasteiger partial charge in [-0.3, -0.25) is 5.32 Å². The fourth-order valence-electron chi connectivity index (χ4n) is 2.92. The van der Waals surface area contributed by atoms with Gasteiger partial charge in [-0.15, -0.1) is 11.6 Å². The third-order valence-electron chi connectivity index (χ3n) is 4.25. The average Bonchev–Trinajstić information content (AvgIpc) is 3.10. The van der Waals surface area contributed by atoms with E-state index < -0.39 is 12.1 Å². The predicted octanol–water partition coefficient (Wildman–Crippen LogP) is 4.00. The number of ether oxygens (including phenoxy) is 2. The number of esters is 1. The van der Waals surface area contributed by atoms with Crippen LogP contribution in [0.3, 0.4) is 0 Å². The van der Waals surface area contributed by atoms with Crippen LogP contribution in [-0.2, 0) is 9.47 Å². The highest BCUT2D eigenvalue weighted by molar-refractivity contribution is 6.18. The van der Waals surface area contributed by atoms with Crippen LogP contribution in [0, 0.1) is 13.8 Å². The number of carbonyl (C=O) groups excluding carboxylic acids is 2. The van der Waals surface area contributed by atoms with E-state index in [1.54, 1.807) is 6.92 Å². The first-order valence-electron chi connectivity index (χ1n) is 9.08. The quantitative estimate of drug-likeness (QED) is 0.482. The Morgan fingerprint density at radius 1 is 1.21 bits per heavy atom. The van der Waals surface area contributed by atoms with Crippen LogP contribution < -0.4 is 5.32 Å². The van der Waals surface area contributed by atoms with E-state index in [-0.39, 0.29) is 30.5 Å². The van der Waals surface area contributed by atoms with E-state index in [1.165, 1.54) is 10.9 Å². The number of halogens is 1. The first-order chi connectivity index (χ1) is 14.0. The molecule has 0 spiro atoms. The first-order valence-corrected chi connectivity index (χ1v) is 9.62. The molecule has 0 radical (unpaired) electrons. The summed E-state index contributed by atoms with van der Waals surface area (Å²) in [6.07, 6.45) is 0.570. The van der Waals surface area contributed by atoms with Crippen LogP contribution in [0.15, 0.2) is 30.5 Å². The Morgan fingerprint density at radius 2 is 2.00 bits per heavy atom. The molecule has 0 saturated heterocycles. The van der Waals surface area contributed by atoms with Crippen molar-refractivity contribution in [2.75, 3.05) is 24.4 Å². The molecular formula is C20H21ClN4O4. The van der Waals surface area contributed by atoms with Crippen LogP contribution in [0.25, 0.3) is 16.7 Å². The molecule has 0 atom stereocenters. The molecule has 0 bridgehead atoms. The molecule has 9 heteroatoms. The lowest BCUT2D eigenvalue weighted by Gasteiger charge is -2.13. The number of nitrogens with one attached hydrogen (secondary N) is 1. The van der Waals surface area contributed by atoms with E-state index in [4.69, 9.17) is 21.1 Å². The summed E-state index contributed by atoms with van der Waals surface area (Å²) in [6, 6.07) is 7.76. The molecule has 3 aromatic rings. The van der Waals surface area contributed by atoms with Crippen LogP contribution in [0.4, 0.5) is 10.6 Å². The molecule has 0 fully saturated rings. The van der Waals surface area contributed by atoms with Gasteiger partial charge in [0.1, 0.15) is 12.2 Å². The summed E-state index contributed by atoms with van der Waals surface area (Å²) >= 11 is 5.56. The van der Waals surface area contributed by atoms with Crippen LogP contribution >= 0.6 is 11.6 Å². The van der Waals surface area contributed by atoms with Crippen LogP contribution in [0.1, 0.15) is 28.4 Å². The number of hydrogen-bond donors (Lipinski definition) is 1. The zero-order valence-electron chi connectivity index (χ0n) is 16.4. The zero-order chi connectivity index (χ0) is 21.0. The average molecular weight is 417 g/mol. The van der Waals surface area contributed by atoms with Gasteiger partial charge in [-0.1, -0.05) is 18.2 Å². The van der Waals surface area contributed by atoms with E-state index in [9.17, 15) is 9.59 Å². The maximum Gasteiger partial charge on any atom is 0.412 e. The van der Waals surface area contributed by atoms with Gasteiger partial charge >= 0.3 is 12.1 Å². The second-order valence-corrected chi connectivity index (χ2v) is 6.64. The largest absolute Gasteiger partial charge is 0.462 e. The van der Waals surface area contributed by atoms with E-state index in [1.807, 2.05) is 38.1 Å². The second kappa shape index (κ2) is 8.91. The van der Waals surface area contributed by atoms with Crippen LogP contribution in [0.5, 0.6) is 0 Å². The van der Waals surface area contributed by atoms with Crippen molar-refractivity contribution >= 4 is 40.4 Å². The fourth-order valence-corrected chi connectivity index (χ4v) is 2.99. The molecule has 2 aromatic heterocycles. The summed E-state index contributed by atoms with van der Waals surface area (Å²) in [5.74, 6) is 0.109. The fraction of sp³-hybridized carbons (Fsp3) is 0.300. The Balaban J connectivity index is 2.11. The van der Waals surface area contributed by atoms with E-state index in [0.29, 0.717) is 5.82 Å². The van der Waals surface area contributed by atoms with Gasteiger partial charge in [-0.2, -0.15) is 9.78 Å². The highest BCUT2D eigenvalue weighted by atomic mass is 35.5. The molecule has 0 saturated carbocycles. The molecule has 29 heavy (non-hydrogen) atoms. The Bertz CT molecular complexity index is 1060. The molecule has 0 aliphatic heterocycles. The number of alkyl halides is 1. The molecule has 2 heterocycles. The number of pyridine rings is 1. The minimum Gasteiger partial charge on any atom is -0.462 e. The smallest absolute Gasteiger partial charge is 0.412 e. The SMILES string of the molecule is CCOC(=O)c1cnn(-c2cc(C)c3cccc(C)c3n2)c1NC(=O)OCCCl. The molecule has 3 rings (SSSR count). The number of amides is 1. The highest BCUT2D eigenvalue weighted by Gasteiger charge is 2.23. The number of nitrogens with zero attached hydrogens (tertiary/aromatic N) is 3. The zero-order valence-corrected chi connectivity index (χ0v) is 17.1. The summed E-state index contributed by atoms with van der Waals surface area (Å²) in [5, 5.41) is 7.83. The van der Waals surface area contributed by atoms with Crippen molar-refractivity contribution in [2.24, 2.45) is 0 Å². The summed E-state index contributed by atoms with van der Waals surface area (Å²) < 4.78 is 11.4. The standard InChI is InChI=1S/C20H21ClN4O4/c1-4-28-19(26)15-11-22-25(18(15)24-20(27)29-9-8-21)16-10-13(3)14-7-5-6-12(2)17(14)23-16/h5-7,10-11H,4,8-9H2,1-3H3,(H,24,27). The molecule has 8 nitrogen and oxygen atoms in total. The number of aryl methyl sites for hydroxylation is 2. The van der Waals surface area contributed by atoms with Crippen molar-refractivity contribution in [3.63, 3.8) is 0 Å². The lowest BCUT2D eigenvalue weighted by atomic mass is 10.1. The Kier molecular flexibility index (Phi) is 6.33. The van der Waals surface area contributed by atoms with Crippen molar-refractivity contribution in [1.82, 2.24) is 14.8 Å². The molecule has 1 amide bonds. The maximum absolute atomic E-state index is 12.3. The second-order valence-electron chi connectivity index (χ2n) is 6.26. The molecule has 0 unspecified atom stereocenters. The van der Waals surface area contributed by atoms with Gasteiger partial charge in [-0.05, 0) is 38.0 Å². The maximum atomic E-state index is 12.3. The predicted molar refractivity (Wildman–Crippen MR) is 110 cm³/mol. The highest BCUT2D eigenvalue weighted by Crippen LogP contribution is 2.26. The topological polar surface area (TPSA) is 95.3 Å². The van der Waals surface area contributed by atoms with Crippen LogP contribution in [0.2, 0.25) is 0 Å². The normalized spacial score (nSPS) is 10.8. The van der Waals surface area contributed by atoms with Gasteiger partial charge < -0.3 is 9.47 Å². The van der Waals surface area contributed by atoms with Crippen molar-refractivity contribution in [3.8, 4) is 5.82 Å². The number of aromatic nitrogens is 3. The Hall–Kier alpha value is -3.13. The third kappa shape index (κ3) is 4.32. The molecular weight excluding hydrogens is 396 g/mol. The number of para-hydroxylation sites is 1. The number of anilines is 1. The Morgan fingerprint density at radius 3 is 2.72 bits per heavy atom. The van der Waals surface area contributed by atoms with Crippen LogP contribution in [-0.4, -0.2) is 45.9 Å². The molecule has 1 aromatic carbocycles. The van der Waals surface area contributed by atoms with Crippen molar-refractivity contribution in [3.05, 3.63) is 47.2 Å². The van der Waals surface area contributed by atoms with Gasteiger partial charge in [0, 0.05) is 5.39 Å². The van der Waals surface area contributed by atoms with Gasteiger partial charge in [-0.25, -0.2) is 14.6 Å². The minimum absolute atomic E-state index is 0.0305. The van der Waals surface area contributed by atoms with Crippen molar-refractivity contribution < 1.29 is 19.1 Å². The molecule has 152 valence electrons. The first kappa shape index (κ1) is 20.6. The molecule has 1 N–H and O–H groups in total. The van der Waals surface area contributed by atoms with Crippen molar-refractivity contribution in [1.29, 1.82) is 0 Å². The number of carbonyl (C=O) groups is 2. The monoisotopic (exact) mass is 416 g/mol. The van der Waals surface area contributed by atoms with Crippen molar-refractivity contribution in [2.45, 2.75) is 20.8 Å². The third-order valence-corrected chi connectivity index (χ3v) is 4.40. The number of rotatable bonds is 6. The van der Waals surface area contributed by atoms with E-state index in [0.717, 1.165) is 22.0 Å².